The molecule has 0 N–H and O–H groups in total. The molecule has 126 valence electrons. The molecule has 0 radical (unpaired) electrons. The molecule has 0 unspecified atom stereocenters. The number of fused-ring (bicyclic) bond motifs is 1. The normalized spacial score (nSPS) is 11.8. The Hall–Kier alpha value is -2.41. The number of hydrogen-bond acceptors (Lipinski definition) is 6. The van der Waals surface area contributed by atoms with E-state index in [9.17, 15) is 9.59 Å². The van der Waals surface area contributed by atoms with Crippen molar-refractivity contribution >= 4 is 27.5 Å². The molecule has 3 aromatic rings. The van der Waals surface area contributed by atoms with Crippen LogP contribution < -0.4 is 5.56 Å². The zero-order valence-electron chi connectivity index (χ0n) is 14.0. The van der Waals surface area contributed by atoms with E-state index in [1.807, 2.05) is 5.38 Å². The number of aryl methyl sites for hydroxylation is 1. The first-order valence-electron chi connectivity index (χ1n) is 7.60. The molecule has 0 saturated carbocycles. The van der Waals surface area contributed by atoms with Gasteiger partial charge in [-0.25, -0.2) is 9.78 Å². The Labute approximate surface area is 142 Å². The van der Waals surface area contributed by atoms with Gasteiger partial charge in [0.2, 0.25) is 0 Å². The van der Waals surface area contributed by atoms with Crippen molar-refractivity contribution in [2.24, 2.45) is 0 Å². The van der Waals surface area contributed by atoms with Crippen LogP contribution in [0.3, 0.4) is 0 Å². The van der Waals surface area contributed by atoms with Gasteiger partial charge in [-0.3, -0.25) is 9.36 Å². The van der Waals surface area contributed by atoms with Crippen LogP contribution in [0.2, 0.25) is 0 Å². The molecule has 0 saturated heterocycles. The molecule has 0 aliphatic heterocycles. The SMILES string of the molecule is CCOC(=O)C(C)(C)n1c(C)nc2scc(-c3ccco3)c2c1=O. The Morgan fingerprint density at radius 3 is 2.83 bits per heavy atom. The number of thiophene rings is 1. The minimum atomic E-state index is -1.15. The summed E-state index contributed by atoms with van der Waals surface area (Å²) in [4.78, 5) is 30.6. The maximum Gasteiger partial charge on any atom is 0.331 e. The number of nitrogens with zero attached hydrogens (tertiary/aromatic N) is 2. The Kier molecular flexibility index (Phi) is 4.04. The maximum absolute atomic E-state index is 13.2. The highest BCUT2D eigenvalue weighted by Crippen LogP contribution is 2.32. The molecule has 0 amide bonds. The fraction of sp³-hybridized carbons (Fsp3) is 0.353. The van der Waals surface area contributed by atoms with Crippen LogP contribution in [-0.4, -0.2) is 22.1 Å². The lowest BCUT2D eigenvalue weighted by molar-refractivity contribution is -0.152. The number of ether oxygens (including phenoxy) is 1. The predicted octanol–water partition coefficient (Wildman–Crippen LogP) is 3.32. The monoisotopic (exact) mass is 346 g/mol. The molecule has 0 atom stereocenters. The summed E-state index contributed by atoms with van der Waals surface area (Å²) >= 11 is 1.38. The minimum Gasteiger partial charge on any atom is -0.464 e. The van der Waals surface area contributed by atoms with E-state index < -0.39 is 11.5 Å². The Morgan fingerprint density at radius 2 is 2.21 bits per heavy atom. The number of hydrogen-bond donors (Lipinski definition) is 0. The average molecular weight is 346 g/mol. The fourth-order valence-electron chi connectivity index (χ4n) is 2.76. The first-order valence-corrected chi connectivity index (χ1v) is 8.48. The third-order valence-electron chi connectivity index (χ3n) is 3.90. The summed E-state index contributed by atoms with van der Waals surface area (Å²) in [7, 11) is 0. The molecule has 3 aromatic heterocycles. The largest absolute Gasteiger partial charge is 0.464 e. The van der Waals surface area contributed by atoms with E-state index in [-0.39, 0.29) is 12.2 Å². The number of carbonyl (C=O) groups is 1. The van der Waals surface area contributed by atoms with Gasteiger partial charge in [-0.05, 0) is 39.8 Å². The molecule has 0 aliphatic carbocycles. The van der Waals surface area contributed by atoms with Crippen LogP contribution in [0.5, 0.6) is 0 Å². The van der Waals surface area contributed by atoms with Gasteiger partial charge < -0.3 is 9.15 Å². The molecule has 0 spiro atoms. The lowest BCUT2D eigenvalue weighted by Gasteiger charge is -2.26. The molecule has 0 aliphatic rings. The van der Waals surface area contributed by atoms with Crippen LogP contribution in [-0.2, 0) is 15.1 Å². The molecule has 0 fully saturated rings. The van der Waals surface area contributed by atoms with Gasteiger partial charge in [0.05, 0.1) is 18.3 Å². The van der Waals surface area contributed by atoms with E-state index in [0.717, 1.165) is 0 Å². The first-order chi connectivity index (χ1) is 11.4. The third kappa shape index (κ3) is 2.45. The number of rotatable bonds is 4. The molecule has 7 heteroatoms. The minimum absolute atomic E-state index is 0.252. The van der Waals surface area contributed by atoms with Gasteiger partial charge in [0.15, 0.2) is 0 Å². The molecular formula is C17H18N2O4S. The number of carbonyl (C=O) groups excluding carboxylic acids is 1. The van der Waals surface area contributed by atoms with Crippen molar-refractivity contribution in [2.75, 3.05) is 6.61 Å². The molecule has 0 bridgehead atoms. The lowest BCUT2D eigenvalue weighted by Crippen LogP contribution is -2.45. The van der Waals surface area contributed by atoms with Crippen molar-refractivity contribution in [3.63, 3.8) is 0 Å². The second kappa shape index (κ2) is 5.90. The zero-order chi connectivity index (χ0) is 17.5. The van der Waals surface area contributed by atoms with Gasteiger partial charge in [0.25, 0.3) is 5.56 Å². The summed E-state index contributed by atoms with van der Waals surface area (Å²) in [5, 5.41) is 2.30. The molecular weight excluding hydrogens is 328 g/mol. The zero-order valence-corrected chi connectivity index (χ0v) is 14.8. The first kappa shape index (κ1) is 16.4. The quantitative estimate of drug-likeness (QED) is 0.678. The molecule has 24 heavy (non-hydrogen) atoms. The number of esters is 1. The second-order valence-corrected chi connectivity index (χ2v) is 6.74. The van der Waals surface area contributed by atoms with Gasteiger partial charge in [-0.2, -0.15) is 0 Å². The standard InChI is InChI=1S/C17H18N2O4S/c1-5-22-16(21)17(3,4)19-10(2)18-14-13(15(19)20)11(9-24-14)12-7-6-8-23-12/h6-9H,5H2,1-4H3. The van der Waals surface area contributed by atoms with Gasteiger partial charge >= 0.3 is 5.97 Å². The molecule has 0 aromatic carbocycles. The summed E-state index contributed by atoms with van der Waals surface area (Å²) < 4.78 is 11.9. The smallest absolute Gasteiger partial charge is 0.331 e. The summed E-state index contributed by atoms with van der Waals surface area (Å²) in [6, 6.07) is 3.56. The van der Waals surface area contributed by atoms with Gasteiger partial charge in [0, 0.05) is 10.9 Å². The Balaban J connectivity index is 2.28. The summed E-state index contributed by atoms with van der Waals surface area (Å²) in [5.41, 5.74) is -0.741. The van der Waals surface area contributed by atoms with E-state index in [1.165, 1.54) is 15.9 Å². The van der Waals surface area contributed by atoms with Gasteiger partial charge in [0.1, 0.15) is 22.0 Å². The van der Waals surface area contributed by atoms with Crippen molar-refractivity contribution in [2.45, 2.75) is 33.2 Å². The van der Waals surface area contributed by atoms with E-state index in [0.29, 0.717) is 27.4 Å². The van der Waals surface area contributed by atoms with Gasteiger partial charge in [-0.1, -0.05) is 0 Å². The maximum atomic E-state index is 13.2. The highest BCUT2D eigenvalue weighted by molar-refractivity contribution is 7.17. The van der Waals surface area contributed by atoms with Crippen LogP contribution in [0.1, 0.15) is 26.6 Å². The summed E-state index contributed by atoms with van der Waals surface area (Å²) in [6.07, 6.45) is 1.56. The molecule has 3 rings (SSSR count). The Morgan fingerprint density at radius 1 is 1.46 bits per heavy atom. The van der Waals surface area contributed by atoms with Crippen molar-refractivity contribution in [1.82, 2.24) is 9.55 Å². The van der Waals surface area contributed by atoms with Crippen LogP contribution in [0.25, 0.3) is 21.5 Å². The summed E-state index contributed by atoms with van der Waals surface area (Å²) in [6.45, 7) is 7.02. The number of aromatic nitrogens is 2. The lowest BCUT2D eigenvalue weighted by atomic mass is 10.0. The highest BCUT2D eigenvalue weighted by atomic mass is 32.1. The third-order valence-corrected chi connectivity index (χ3v) is 4.77. The summed E-state index contributed by atoms with van der Waals surface area (Å²) in [5.74, 6) is 0.606. The van der Waals surface area contributed by atoms with Gasteiger partial charge in [-0.15, -0.1) is 11.3 Å². The Bertz CT molecular complexity index is 951. The highest BCUT2D eigenvalue weighted by Gasteiger charge is 2.35. The van der Waals surface area contributed by atoms with E-state index >= 15 is 0 Å². The van der Waals surface area contributed by atoms with Crippen LogP contribution in [0, 0.1) is 6.92 Å². The van der Waals surface area contributed by atoms with Crippen LogP contribution in [0.15, 0.2) is 33.0 Å². The van der Waals surface area contributed by atoms with Crippen LogP contribution in [0.4, 0.5) is 0 Å². The average Bonchev–Trinajstić information content (AvgIpc) is 3.15. The van der Waals surface area contributed by atoms with E-state index in [2.05, 4.69) is 4.98 Å². The molecule has 3 heterocycles. The topological polar surface area (TPSA) is 74.3 Å². The van der Waals surface area contributed by atoms with Crippen molar-refractivity contribution < 1.29 is 13.9 Å². The fourth-order valence-corrected chi connectivity index (χ4v) is 3.73. The van der Waals surface area contributed by atoms with Crippen molar-refractivity contribution in [1.29, 1.82) is 0 Å². The predicted molar refractivity (Wildman–Crippen MR) is 92.3 cm³/mol. The van der Waals surface area contributed by atoms with Crippen molar-refractivity contribution in [3.8, 4) is 11.3 Å². The van der Waals surface area contributed by atoms with E-state index in [4.69, 9.17) is 9.15 Å². The number of furan rings is 1. The second-order valence-electron chi connectivity index (χ2n) is 5.89. The molecule has 6 nitrogen and oxygen atoms in total. The van der Waals surface area contributed by atoms with Crippen molar-refractivity contribution in [3.05, 3.63) is 40.0 Å². The van der Waals surface area contributed by atoms with E-state index in [1.54, 1.807) is 46.1 Å². The van der Waals surface area contributed by atoms with Crippen LogP contribution >= 0.6 is 11.3 Å².